The molecule has 0 spiro atoms. The zero-order valence-corrected chi connectivity index (χ0v) is 21.1. The molecular weight excluding hydrogens is 446 g/mol. The van der Waals surface area contributed by atoms with Crippen LogP contribution in [0, 0.1) is 0 Å². The Bertz CT molecular complexity index is 1220. The van der Waals surface area contributed by atoms with Crippen LogP contribution in [0.1, 0.15) is 46.6 Å². The van der Waals surface area contributed by atoms with E-state index >= 15 is 0 Å². The van der Waals surface area contributed by atoms with Crippen molar-refractivity contribution in [1.29, 1.82) is 0 Å². The van der Waals surface area contributed by atoms with Gasteiger partial charge in [0.25, 0.3) is 0 Å². The van der Waals surface area contributed by atoms with E-state index < -0.39 is 5.60 Å². The monoisotopic (exact) mass is 481 g/mol. The molecule has 10 heteroatoms. The molecule has 0 atom stereocenters. The standard InChI is InChI=1S/C25H35N7O3/c1-24(2,3)31-14-17(15-31)32-13-16(12-26-32)18-6-7-19(35-5)21-20(18)27-22(28-21)29-23(33)30-10-8-25(4,34)9-11-30/h6-7,12-13,17,34H,8-11,14-15H2,1-5H3,(H2,27,28,29,33). The highest BCUT2D eigenvalue weighted by atomic mass is 16.5. The third-order valence-corrected chi connectivity index (χ3v) is 7.28. The number of aromatic amines is 1. The minimum atomic E-state index is -0.715. The van der Waals surface area contributed by atoms with Gasteiger partial charge in [0.1, 0.15) is 11.3 Å². The maximum absolute atomic E-state index is 12.8. The first-order valence-corrected chi connectivity index (χ1v) is 12.2. The second-order valence-electron chi connectivity index (χ2n) is 11.0. The fourth-order valence-electron chi connectivity index (χ4n) is 4.75. The molecule has 35 heavy (non-hydrogen) atoms. The number of H-pyrrole nitrogens is 1. The second kappa shape index (κ2) is 8.53. The van der Waals surface area contributed by atoms with Crippen LogP contribution in [-0.4, -0.2) is 85.1 Å². The van der Waals surface area contributed by atoms with E-state index in [9.17, 15) is 9.90 Å². The number of hydrogen-bond acceptors (Lipinski definition) is 6. The van der Waals surface area contributed by atoms with Crippen LogP contribution in [0.2, 0.25) is 0 Å². The van der Waals surface area contributed by atoms with Crippen LogP contribution >= 0.6 is 0 Å². The largest absolute Gasteiger partial charge is 0.494 e. The Labute approximate surface area is 205 Å². The normalized spacial score (nSPS) is 19.1. The number of aromatic nitrogens is 4. The third-order valence-electron chi connectivity index (χ3n) is 7.28. The molecule has 0 unspecified atom stereocenters. The molecule has 2 fully saturated rings. The number of nitrogens with zero attached hydrogens (tertiary/aromatic N) is 5. The number of fused-ring (bicyclic) bond motifs is 1. The highest BCUT2D eigenvalue weighted by Gasteiger charge is 2.36. The number of carbonyl (C=O) groups is 1. The second-order valence-corrected chi connectivity index (χ2v) is 11.0. The molecule has 10 nitrogen and oxygen atoms in total. The lowest BCUT2D eigenvalue weighted by Gasteiger charge is -2.47. The molecular formula is C25H35N7O3. The summed E-state index contributed by atoms with van der Waals surface area (Å²) in [4.78, 5) is 24.8. The predicted octanol–water partition coefficient (Wildman–Crippen LogP) is 3.47. The molecule has 5 rings (SSSR count). The molecule has 2 saturated heterocycles. The molecule has 0 saturated carbocycles. The van der Waals surface area contributed by atoms with E-state index in [2.05, 4.69) is 52.3 Å². The average molecular weight is 482 g/mol. The van der Waals surface area contributed by atoms with E-state index in [0.29, 0.717) is 49.2 Å². The van der Waals surface area contributed by atoms with E-state index in [0.717, 1.165) is 29.7 Å². The first-order valence-electron chi connectivity index (χ1n) is 12.2. The van der Waals surface area contributed by atoms with Crippen molar-refractivity contribution in [3.05, 3.63) is 24.5 Å². The van der Waals surface area contributed by atoms with Crippen molar-refractivity contribution in [2.45, 2.75) is 57.7 Å². The summed E-state index contributed by atoms with van der Waals surface area (Å²) in [6, 6.07) is 4.00. The van der Waals surface area contributed by atoms with Gasteiger partial charge in [-0.15, -0.1) is 0 Å². The molecule has 2 aliphatic heterocycles. The van der Waals surface area contributed by atoms with Gasteiger partial charge < -0.3 is 19.7 Å². The summed E-state index contributed by atoms with van der Waals surface area (Å²) in [6.45, 7) is 11.5. The molecule has 0 bridgehead atoms. The number of methoxy groups -OCH3 is 1. The average Bonchev–Trinajstić information content (AvgIpc) is 3.38. The van der Waals surface area contributed by atoms with Crippen LogP contribution in [0.4, 0.5) is 10.7 Å². The number of aliphatic hydroxyl groups is 1. The number of benzene rings is 1. The zero-order chi connectivity index (χ0) is 25.0. The Hall–Kier alpha value is -3.11. The number of carbonyl (C=O) groups excluding carboxylic acids is 1. The number of amides is 2. The van der Waals surface area contributed by atoms with Gasteiger partial charge >= 0.3 is 6.03 Å². The molecule has 3 aromatic rings. The van der Waals surface area contributed by atoms with Gasteiger partial charge in [-0.25, -0.2) is 9.78 Å². The number of urea groups is 1. The summed E-state index contributed by atoms with van der Waals surface area (Å²) in [6.07, 6.45) is 5.05. The maximum Gasteiger partial charge on any atom is 0.324 e. The summed E-state index contributed by atoms with van der Waals surface area (Å²) in [7, 11) is 1.61. The van der Waals surface area contributed by atoms with Crippen molar-refractivity contribution >= 4 is 23.0 Å². The molecule has 3 N–H and O–H groups in total. The predicted molar refractivity (Wildman–Crippen MR) is 135 cm³/mol. The zero-order valence-electron chi connectivity index (χ0n) is 21.1. The lowest BCUT2D eigenvalue weighted by Crippen LogP contribution is -2.56. The Morgan fingerprint density at radius 2 is 1.97 bits per heavy atom. The minimum Gasteiger partial charge on any atom is -0.494 e. The SMILES string of the molecule is COc1ccc(-c2cnn(C3CN(C(C)(C)C)C3)c2)c2[nH]c(NC(=O)N3CCC(C)(O)CC3)nc12. The third kappa shape index (κ3) is 4.60. The van der Waals surface area contributed by atoms with Crippen LogP contribution in [0.25, 0.3) is 22.2 Å². The highest BCUT2D eigenvalue weighted by Crippen LogP contribution is 2.35. The van der Waals surface area contributed by atoms with Gasteiger partial charge in [-0.2, -0.15) is 5.10 Å². The van der Waals surface area contributed by atoms with Crippen molar-refractivity contribution in [2.24, 2.45) is 0 Å². The molecule has 188 valence electrons. The smallest absolute Gasteiger partial charge is 0.324 e. The van der Waals surface area contributed by atoms with E-state index in [4.69, 9.17) is 4.74 Å². The van der Waals surface area contributed by atoms with Gasteiger partial charge in [-0.1, -0.05) is 0 Å². The molecule has 2 aromatic heterocycles. The molecule has 0 aliphatic carbocycles. The van der Waals surface area contributed by atoms with Crippen LogP contribution in [0.15, 0.2) is 24.5 Å². The van der Waals surface area contributed by atoms with Gasteiger partial charge in [0.05, 0.1) is 30.5 Å². The van der Waals surface area contributed by atoms with Gasteiger partial charge in [0.2, 0.25) is 5.95 Å². The summed E-state index contributed by atoms with van der Waals surface area (Å²) in [5.41, 5.74) is 2.81. The fourth-order valence-corrected chi connectivity index (χ4v) is 4.75. The Morgan fingerprint density at radius 3 is 2.63 bits per heavy atom. The quantitative estimate of drug-likeness (QED) is 0.526. The molecule has 2 aliphatic rings. The first kappa shape index (κ1) is 23.6. The molecule has 4 heterocycles. The van der Waals surface area contributed by atoms with Gasteiger partial charge in [0, 0.05) is 49.0 Å². The van der Waals surface area contributed by atoms with E-state index in [1.165, 1.54) is 0 Å². The number of likely N-dealkylation sites (tertiary alicyclic amines) is 2. The molecule has 0 radical (unpaired) electrons. The van der Waals surface area contributed by atoms with Gasteiger partial charge in [-0.3, -0.25) is 14.9 Å². The van der Waals surface area contributed by atoms with E-state index in [1.54, 1.807) is 12.0 Å². The summed E-state index contributed by atoms with van der Waals surface area (Å²) in [5.74, 6) is 0.988. The van der Waals surface area contributed by atoms with E-state index in [1.807, 2.05) is 29.9 Å². The Kier molecular flexibility index (Phi) is 5.76. The number of hydrogen-bond donors (Lipinski definition) is 3. The highest BCUT2D eigenvalue weighted by molar-refractivity contribution is 5.98. The summed E-state index contributed by atoms with van der Waals surface area (Å²) in [5, 5.41) is 17.7. The number of rotatable bonds is 4. The number of imidazole rings is 1. The summed E-state index contributed by atoms with van der Waals surface area (Å²) < 4.78 is 7.57. The number of piperidine rings is 1. The lowest BCUT2D eigenvalue weighted by molar-refractivity contribution is 0.00569. The van der Waals surface area contributed by atoms with Gasteiger partial charge in [0.15, 0.2) is 0 Å². The first-order chi connectivity index (χ1) is 16.5. The van der Waals surface area contributed by atoms with Crippen LogP contribution < -0.4 is 10.1 Å². The van der Waals surface area contributed by atoms with Crippen molar-refractivity contribution in [3.8, 4) is 16.9 Å². The Balaban J connectivity index is 1.37. The molecule has 2 amide bonds. The van der Waals surface area contributed by atoms with Crippen LogP contribution in [-0.2, 0) is 0 Å². The van der Waals surface area contributed by atoms with Crippen molar-refractivity contribution in [1.82, 2.24) is 29.5 Å². The Morgan fingerprint density at radius 1 is 1.26 bits per heavy atom. The van der Waals surface area contributed by atoms with Crippen molar-refractivity contribution in [3.63, 3.8) is 0 Å². The van der Waals surface area contributed by atoms with Crippen LogP contribution in [0.5, 0.6) is 5.75 Å². The number of nitrogens with one attached hydrogen (secondary N) is 2. The van der Waals surface area contributed by atoms with Crippen molar-refractivity contribution in [2.75, 3.05) is 38.6 Å². The lowest BCUT2D eigenvalue weighted by atomic mass is 9.94. The van der Waals surface area contributed by atoms with Gasteiger partial charge in [-0.05, 0) is 52.7 Å². The van der Waals surface area contributed by atoms with E-state index in [-0.39, 0.29) is 11.6 Å². The number of ether oxygens (including phenoxy) is 1. The summed E-state index contributed by atoms with van der Waals surface area (Å²) >= 11 is 0. The topological polar surface area (TPSA) is 112 Å². The minimum absolute atomic E-state index is 0.164. The fraction of sp³-hybridized carbons (Fsp3) is 0.560. The van der Waals surface area contributed by atoms with Crippen molar-refractivity contribution < 1.29 is 14.6 Å². The molecule has 1 aromatic carbocycles. The van der Waals surface area contributed by atoms with Crippen LogP contribution in [0.3, 0.4) is 0 Å². The number of anilines is 1. The maximum atomic E-state index is 12.8.